The van der Waals surface area contributed by atoms with Crippen LogP contribution in [0.1, 0.15) is 17.2 Å². The first kappa shape index (κ1) is 13.7. The molecule has 2 N–H and O–H groups in total. The minimum Gasteiger partial charge on any atom is -0.320 e. The molecule has 0 aliphatic rings. The van der Waals surface area contributed by atoms with Crippen molar-refractivity contribution in [2.45, 2.75) is 6.04 Å². The first-order valence-corrected chi connectivity index (χ1v) is 7.78. The smallest absolute Gasteiger partial charge is 0.0569 e. The molecule has 0 saturated heterocycles. The second-order valence-electron chi connectivity index (χ2n) is 4.59. The first-order chi connectivity index (χ1) is 9.66. The van der Waals surface area contributed by atoms with Gasteiger partial charge in [-0.05, 0) is 40.8 Å². The van der Waals surface area contributed by atoms with Crippen LogP contribution in [0.4, 0.5) is 0 Å². The summed E-state index contributed by atoms with van der Waals surface area (Å²) in [6.07, 6.45) is 3.66. The molecule has 0 spiro atoms. The molecule has 1 aromatic heterocycles. The standard InChI is InChI=1S/C16H12Br2N2/c17-11-4-5-15(18)14(8-11)16(19)13-3-1-2-10-9-20-7-6-12(10)13/h1-9,16H,19H2. The number of nitrogens with two attached hydrogens (primary N) is 1. The van der Waals surface area contributed by atoms with Gasteiger partial charge in [-0.2, -0.15) is 0 Å². The molecule has 100 valence electrons. The summed E-state index contributed by atoms with van der Waals surface area (Å²) in [5.41, 5.74) is 8.64. The summed E-state index contributed by atoms with van der Waals surface area (Å²) in [7, 11) is 0. The van der Waals surface area contributed by atoms with E-state index in [4.69, 9.17) is 5.73 Å². The molecule has 2 aromatic carbocycles. The Hall–Kier alpha value is -1.23. The highest BCUT2D eigenvalue weighted by Crippen LogP contribution is 2.32. The van der Waals surface area contributed by atoms with Crippen molar-refractivity contribution < 1.29 is 0 Å². The Morgan fingerprint density at radius 2 is 1.85 bits per heavy atom. The molecule has 2 nitrogen and oxygen atoms in total. The predicted molar refractivity (Wildman–Crippen MR) is 89.6 cm³/mol. The summed E-state index contributed by atoms with van der Waals surface area (Å²) in [4.78, 5) is 4.16. The van der Waals surface area contributed by atoms with Gasteiger partial charge in [-0.3, -0.25) is 4.98 Å². The molecule has 1 unspecified atom stereocenters. The van der Waals surface area contributed by atoms with Crippen LogP contribution in [0.25, 0.3) is 10.8 Å². The Kier molecular flexibility index (Phi) is 3.87. The maximum atomic E-state index is 6.48. The highest BCUT2D eigenvalue weighted by molar-refractivity contribution is 9.11. The van der Waals surface area contributed by atoms with Crippen LogP contribution in [-0.2, 0) is 0 Å². The van der Waals surface area contributed by atoms with E-state index < -0.39 is 0 Å². The molecular weight excluding hydrogens is 380 g/mol. The van der Waals surface area contributed by atoms with E-state index in [1.165, 1.54) is 0 Å². The molecular formula is C16H12Br2N2. The van der Waals surface area contributed by atoms with E-state index in [2.05, 4.69) is 55.0 Å². The lowest BCUT2D eigenvalue weighted by Gasteiger charge is -2.17. The maximum absolute atomic E-state index is 6.48. The van der Waals surface area contributed by atoms with E-state index >= 15 is 0 Å². The second-order valence-corrected chi connectivity index (χ2v) is 6.36. The Balaban J connectivity index is 2.17. The molecule has 1 heterocycles. The molecule has 0 aliphatic heterocycles. The van der Waals surface area contributed by atoms with Gasteiger partial charge in [-0.25, -0.2) is 0 Å². The number of hydrogen-bond donors (Lipinski definition) is 1. The summed E-state index contributed by atoms with van der Waals surface area (Å²) in [6, 6.07) is 14.0. The van der Waals surface area contributed by atoms with E-state index in [0.717, 1.165) is 30.8 Å². The molecule has 0 fully saturated rings. The van der Waals surface area contributed by atoms with Gasteiger partial charge < -0.3 is 5.73 Å². The van der Waals surface area contributed by atoms with Crippen LogP contribution in [-0.4, -0.2) is 4.98 Å². The summed E-state index contributed by atoms with van der Waals surface area (Å²) < 4.78 is 2.03. The van der Waals surface area contributed by atoms with Gasteiger partial charge in [-0.15, -0.1) is 0 Å². The maximum Gasteiger partial charge on any atom is 0.0569 e. The molecule has 3 aromatic rings. The lowest BCUT2D eigenvalue weighted by atomic mass is 9.95. The Bertz CT molecular complexity index is 766. The van der Waals surface area contributed by atoms with Crippen molar-refractivity contribution >= 4 is 42.6 Å². The van der Waals surface area contributed by atoms with Crippen molar-refractivity contribution in [2.24, 2.45) is 5.73 Å². The third kappa shape index (κ3) is 2.51. The fourth-order valence-corrected chi connectivity index (χ4v) is 3.21. The van der Waals surface area contributed by atoms with Gasteiger partial charge in [-0.1, -0.05) is 50.1 Å². The van der Waals surface area contributed by atoms with E-state index in [1.54, 1.807) is 6.20 Å². The van der Waals surface area contributed by atoms with Crippen molar-refractivity contribution in [3.05, 3.63) is 74.9 Å². The number of nitrogens with zero attached hydrogens (tertiary/aromatic N) is 1. The highest BCUT2D eigenvalue weighted by atomic mass is 79.9. The van der Waals surface area contributed by atoms with Crippen LogP contribution >= 0.6 is 31.9 Å². The van der Waals surface area contributed by atoms with Gasteiger partial charge in [0.05, 0.1) is 6.04 Å². The normalized spacial score (nSPS) is 12.6. The molecule has 0 bridgehead atoms. The number of benzene rings is 2. The Morgan fingerprint density at radius 3 is 2.70 bits per heavy atom. The summed E-state index contributed by atoms with van der Waals surface area (Å²) in [5.74, 6) is 0. The van der Waals surface area contributed by atoms with Crippen LogP contribution in [0.5, 0.6) is 0 Å². The topological polar surface area (TPSA) is 38.9 Å². The lowest BCUT2D eigenvalue weighted by molar-refractivity contribution is 0.873. The number of aromatic nitrogens is 1. The Morgan fingerprint density at radius 1 is 1.00 bits per heavy atom. The summed E-state index contributed by atoms with van der Waals surface area (Å²) in [5, 5.41) is 2.24. The zero-order valence-corrected chi connectivity index (χ0v) is 13.7. The van der Waals surface area contributed by atoms with Gasteiger partial charge >= 0.3 is 0 Å². The zero-order valence-electron chi connectivity index (χ0n) is 10.6. The van der Waals surface area contributed by atoms with E-state index in [-0.39, 0.29) is 6.04 Å². The van der Waals surface area contributed by atoms with E-state index in [1.807, 2.05) is 30.5 Å². The van der Waals surface area contributed by atoms with Crippen molar-refractivity contribution in [1.29, 1.82) is 0 Å². The molecule has 0 saturated carbocycles. The number of rotatable bonds is 2. The number of halogens is 2. The third-order valence-corrected chi connectivity index (χ3v) is 4.56. The SMILES string of the molecule is NC(c1cc(Br)ccc1Br)c1cccc2cnccc12. The van der Waals surface area contributed by atoms with E-state index in [0.29, 0.717) is 0 Å². The van der Waals surface area contributed by atoms with Crippen LogP contribution in [0.3, 0.4) is 0 Å². The first-order valence-electron chi connectivity index (χ1n) is 6.20. The van der Waals surface area contributed by atoms with Crippen molar-refractivity contribution in [3.8, 4) is 0 Å². The molecule has 3 rings (SSSR count). The molecule has 4 heteroatoms. The van der Waals surface area contributed by atoms with Crippen molar-refractivity contribution in [3.63, 3.8) is 0 Å². The fraction of sp³-hybridized carbons (Fsp3) is 0.0625. The monoisotopic (exact) mass is 390 g/mol. The number of pyridine rings is 1. The third-order valence-electron chi connectivity index (χ3n) is 3.34. The second kappa shape index (κ2) is 5.64. The highest BCUT2D eigenvalue weighted by Gasteiger charge is 2.15. The van der Waals surface area contributed by atoms with Gasteiger partial charge in [0, 0.05) is 26.7 Å². The van der Waals surface area contributed by atoms with Gasteiger partial charge in [0.1, 0.15) is 0 Å². The molecule has 0 aliphatic carbocycles. The molecule has 0 radical (unpaired) electrons. The van der Waals surface area contributed by atoms with Gasteiger partial charge in [0.2, 0.25) is 0 Å². The minimum atomic E-state index is -0.187. The van der Waals surface area contributed by atoms with Crippen molar-refractivity contribution in [1.82, 2.24) is 4.98 Å². The van der Waals surface area contributed by atoms with Crippen LogP contribution < -0.4 is 5.73 Å². The van der Waals surface area contributed by atoms with Gasteiger partial charge in [0.25, 0.3) is 0 Å². The number of hydrogen-bond acceptors (Lipinski definition) is 2. The predicted octanol–water partition coefficient (Wildman–Crippen LogP) is 4.81. The average molecular weight is 392 g/mol. The summed E-state index contributed by atoms with van der Waals surface area (Å²) >= 11 is 7.08. The van der Waals surface area contributed by atoms with Crippen LogP contribution in [0, 0.1) is 0 Å². The zero-order chi connectivity index (χ0) is 14.1. The largest absolute Gasteiger partial charge is 0.320 e. The quantitative estimate of drug-likeness (QED) is 0.680. The van der Waals surface area contributed by atoms with E-state index in [9.17, 15) is 0 Å². The van der Waals surface area contributed by atoms with Gasteiger partial charge in [0.15, 0.2) is 0 Å². The molecule has 0 amide bonds. The minimum absolute atomic E-state index is 0.187. The molecule has 20 heavy (non-hydrogen) atoms. The van der Waals surface area contributed by atoms with Crippen LogP contribution in [0.2, 0.25) is 0 Å². The number of fused-ring (bicyclic) bond motifs is 1. The average Bonchev–Trinajstić information content (AvgIpc) is 2.48. The van der Waals surface area contributed by atoms with Crippen molar-refractivity contribution in [2.75, 3.05) is 0 Å². The lowest BCUT2D eigenvalue weighted by Crippen LogP contribution is -2.13. The Labute approximate surface area is 134 Å². The van der Waals surface area contributed by atoms with Crippen LogP contribution in [0.15, 0.2) is 63.8 Å². The summed E-state index contributed by atoms with van der Waals surface area (Å²) in [6.45, 7) is 0. The molecule has 1 atom stereocenters. The fourth-order valence-electron chi connectivity index (χ4n) is 2.34.